The van der Waals surface area contributed by atoms with Gasteiger partial charge in [0, 0.05) is 26.2 Å². The van der Waals surface area contributed by atoms with E-state index in [4.69, 9.17) is 10.8 Å². The molecule has 1 aliphatic heterocycles. The molecule has 1 rings (SSSR count). The molecule has 0 aromatic rings. The molecule has 0 radical (unpaired) electrons. The van der Waals surface area contributed by atoms with E-state index in [1.54, 1.807) is 0 Å². The number of hydrogen-bond acceptors (Lipinski definition) is 4. The number of rotatable bonds is 3. The number of likely N-dealkylation sites (N-methyl/N-ethyl adjacent to an activating group) is 1. The summed E-state index contributed by atoms with van der Waals surface area (Å²) in [7, 11) is 2.04. The van der Waals surface area contributed by atoms with Gasteiger partial charge in [-0.05, 0) is 7.05 Å². The lowest BCUT2D eigenvalue weighted by Crippen LogP contribution is -2.54. The first-order chi connectivity index (χ1) is 6.15. The van der Waals surface area contributed by atoms with Gasteiger partial charge in [-0.2, -0.15) is 0 Å². The molecule has 1 amide bonds. The van der Waals surface area contributed by atoms with Gasteiger partial charge in [0.1, 0.15) is 6.04 Å². The number of nitrogens with two attached hydrogens (primary N) is 1. The highest BCUT2D eigenvalue weighted by atomic mass is 16.3. The third kappa shape index (κ3) is 2.65. The second-order valence-corrected chi connectivity index (χ2v) is 3.44. The third-order valence-electron chi connectivity index (χ3n) is 2.48. The van der Waals surface area contributed by atoms with Gasteiger partial charge in [0.25, 0.3) is 0 Å². The Morgan fingerprint density at radius 1 is 1.46 bits per heavy atom. The summed E-state index contributed by atoms with van der Waals surface area (Å²) in [5.41, 5.74) is 5.16. The molecule has 0 saturated carbocycles. The lowest BCUT2D eigenvalue weighted by molar-refractivity contribution is -0.125. The van der Waals surface area contributed by atoms with Gasteiger partial charge in [-0.1, -0.05) is 0 Å². The predicted octanol–water partition coefficient (Wildman–Crippen LogP) is -1.92. The lowest BCUT2D eigenvalue weighted by Gasteiger charge is -2.35. The number of aliphatic hydroxyl groups is 1. The van der Waals surface area contributed by atoms with Crippen molar-refractivity contribution >= 4 is 5.91 Å². The average molecular weight is 187 g/mol. The van der Waals surface area contributed by atoms with Gasteiger partial charge >= 0.3 is 0 Å². The van der Waals surface area contributed by atoms with Gasteiger partial charge in [0.05, 0.1) is 6.61 Å². The number of primary amides is 1. The molecule has 1 aliphatic rings. The van der Waals surface area contributed by atoms with Crippen LogP contribution in [0.25, 0.3) is 0 Å². The van der Waals surface area contributed by atoms with Crippen LogP contribution < -0.4 is 5.73 Å². The van der Waals surface area contributed by atoms with E-state index >= 15 is 0 Å². The van der Waals surface area contributed by atoms with E-state index in [0.717, 1.165) is 26.2 Å². The SMILES string of the molecule is CN1CCN([C@H](CO)C(N)=O)CC1. The number of carbonyl (C=O) groups is 1. The van der Waals surface area contributed by atoms with Gasteiger partial charge in [-0.25, -0.2) is 0 Å². The van der Waals surface area contributed by atoms with Crippen molar-refractivity contribution in [1.82, 2.24) is 9.80 Å². The normalized spacial score (nSPS) is 22.9. The highest BCUT2D eigenvalue weighted by Crippen LogP contribution is 2.04. The summed E-state index contributed by atoms with van der Waals surface area (Å²) in [6.45, 7) is 3.25. The van der Waals surface area contributed by atoms with Gasteiger partial charge < -0.3 is 15.7 Å². The summed E-state index contributed by atoms with van der Waals surface area (Å²) in [5, 5.41) is 8.96. The number of piperazine rings is 1. The van der Waals surface area contributed by atoms with E-state index in [1.165, 1.54) is 0 Å². The van der Waals surface area contributed by atoms with Crippen LogP contribution in [-0.2, 0) is 4.79 Å². The van der Waals surface area contributed by atoms with Crippen molar-refractivity contribution in [1.29, 1.82) is 0 Å². The first-order valence-electron chi connectivity index (χ1n) is 4.48. The number of aliphatic hydroxyl groups excluding tert-OH is 1. The molecule has 1 heterocycles. The molecule has 5 heteroatoms. The molecular weight excluding hydrogens is 170 g/mol. The summed E-state index contributed by atoms with van der Waals surface area (Å²) in [5.74, 6) is -0.438. The third-order valence-corrected chi connectivity index (χ3v) is 2.48. The summed E-state index contributed by atoms with van der Waals surface area (Å²) >= 11 is 0. The zero-order chi connectivity index (χ0) is 9.84. The minimum Gasteiger partial charge on any atom is -0.394 e. The second kappa shape index (κ2) is 4.55. The van der Waals surface area contributed by atoms with Crippen LogP contribution in [0.3, 0.4) is 0 Å². The van der Waals surface area contributed by atoms with E-state index in [9.17, 15) is 4.79 Å². The van der Waals surface area contributed by atoms with E-state index in [0.29, 0.717) is 0 Å². The van der Waals surface area contributed by atoms with Crippen molar-refractivity contribution in [2.75, 3.05) is 39.8 Å². The Morgan fingerprint density at radius 3 is 2.38 bits per heavy atom. The number of nitrogens with zero attached hydrogens (tertiary/aromatic N) is 2. The molecule has 0 bridgehead atoms. The predicted molar refractivity (Wildman–Crippen MR) is 49.1 cm³/mol. The molecular formula is C8H17N3O2. The Morgan fingerprint density at radius 2 is 2.00 bits per heavy atom. The molecule has 5 nitrogen and oxygen atoms in total. The van der Waals surface area contributed by atoms with Crippen LogP contribution in [0.5, 0.6) is 0 Å². The molecule has 3 N–H and O–H groups in total. The molecule has 0 aromatic carbocycles. The Labute approximate surface area is 78.1 Å². The zero-order valence-corrected chi connectivity index (χ0v) is 7.94. The Kier molecular flexibility index (Phi) is 3.65. The first-order valence-corrected chi connectivity index (χ1v) is 4.48. The maximum atomic E-state index is 10.9. The van der Waals surface area contributed by atoms with Crippen LogP contribution in [0.2, 0.25) is 0 Å². The maximum Gasteiger partial charge on any atom is 0.237 e. The van der Waals surface area contributed by atoms with Gasteiger partial charge in [-0.3, -0.25) is 9.69 Å². The first kappa shape index (κ1) is 10.4. The highest BCUT2D eigenvalue weighted by Gasteiger charge is 2.25. The molecule has 0 aliphatic carbocycles. The molecule has 76 valence electrons. The Hall–Kier alpha value is -0.650. The maximum absolute atomic E-state index is 10.9. The van der Waals surface area contributed by atoms with Crippen LogP contribution in [0.15, 0.2) is 0 Å². The number of hydrogen-bond donors (Lipinski definition) is 2. The average Bonchev–Trinajstić information content (AvgIpc) is 2.09. The highest BCUT2D eigenvalue weighted by molar-refractivity contribution is 5.80. The summed E-state index contributed by atoms with van der Waals surface area (Å²) in [6.07, 6.45) is 0. The Bertz CT molecular complexity index is 178. The lowest BCUT2D eigenvalue weighted by atomic mass is 10.2. The van der Waals surface area contributed by atoms with Crippen molar-refractivity contribution in [3.05, 3.63) is 0 Å². The smallest absolute Gasteiger partial charge is 0.237 e. The quantitative estimate of drug-likeness (QED) is 0.540. The summed E-state index contributed by atoms with van der Waals surface area (Å²) < 4.78 is 0. The van der Waals surface area contributed by atoms with Crippen LogP contribution in [0.4, 0.5) is 0 Å². The summed E-state index contributed by atoms with van der Waals surface area (Å²) in [6, 6.07) is -0.506. The zero-order valence-electron chi connectivity index (χ0n) is 7.94. The van der Waals surface area contributed by atoms with E-state index in [1.807, 2.05) is 11.9 Å². The minimum absolute atomic E-state index is 0.182. The summed E-state index contributed by atoms with van der Waals surface area (Å²) in [4.78, 5) is 15.0. The minimum atomic E-state index is -0.506. The fraction of sp³-hybridized carbons (Fsp3) is 0.875. The molecule has 1 atom stereocenters. The van der Waals surface area contributed by atoms with E-state index in [-0.39, 0.29) is 6.61 Å². The number of amides is 1. The van der Waals surface area contributed by atoms with Crippen molar-refractivity contribution in [3.8, 4) is 0 Å². The molecule has 1 saturated heterocycles. The fourth-order valence-corrected chi connectivity index (χ4v) is 1.52. The largest absolute Gasteiger partial charge is 0.394 e. The van der Waals surface area contributed by atoms with Crippen molar-refractivity contribution < 1.29 is 9.90 Å². The molecule has 1 fully saturated rings. The molecule has 0 spiro atoms. The van der Waals surface area contributed by atoms with Crippen molar-refractivity contribution in [2.45, 2.75) is 6.04 Å². The topological polar surface area (TPSA) is 69.8 Å². The standard InChI is InChI=1S/C8H17N3O2/c1-10-2-4-11(5-3-10)7(6-12)8(9)13/h7,12H,2-6H2,1H3,(H2,9,13)/t7-/m1/s1. The molecule has 0 aromatic heterocycles. The monoisotopic (exact) mass is 187 g/mol. The van der Waals surface area contributed by atoms with Crippen LogP contribution in [-0.4, -0.2) is 66.7 Å². The molecule has 13 heavy (non-hydrogen) atoms. The molecule has 0 unspecified atom stereocenters. The number of carbonyl (C=O) groups excluding carboxylic acids is 1. The fourth-order valence-electron chi connectivity index (χ4n) is 1.52. The van der Waals surface area contributed by atoms with Crippen LogP contribution >= 0.6 is 0 Å². The van der Waals surface area contributed by atoms with Crippen LogP contribution in [0, 0.1) is 0 Å². The van der Waals surface area contributed by atoms with E-state index < -0.39 is 11.9 Å². The van der Waals surface area contributed by atoms with E-state index in [2.05, 4.69) is 4.90 Å². The van der Waals surface area contributed by atoms with Gasteiger partial charge in [0.15, 0.2) is 0 Å². The van der Waals surface area contributed by atoms with Gasteiger partial charge in [-0.15, -0.1) is 0 Å². The van der Waals surface area contributed by atoms with Crippen molar-refractivity contribution in [2.24, 2.45) is 5.73 Å². The Balaban J connectivity index is 2.46. The van der Waals surface area contributed by atoms with Crippen LogP contribution in [0.1, 0.15) is 0 Å². The van der Waals surface area contributed by atoms with Gasteiger partial charge in [0.2, 0.25) is 5.91 Å². The second-order valence-electron chi connectivity index (χ2n) is 3.44. The van der Waals surface area contributed by atoms with Crippen molar-refractivity contribution in [3.63, 3.8) is 0 Å².